The minimum Gasteiger partial charge on any atom is -0.125 e. The van der Waals surface area contributed by atoms with Crippen LogP contribution in [-0.2, 0) is 0 Å². The Bertz CT molecular complexity index is 228. The Kier molecular flexibility index (Phi) is 4.37. The van der Waals surface area contributed by atoms with Gasteiger partial charge < -0.3 is 0 Å². The molecule has 1 rings (SSSR count). The van der Waals surface area contributed by atoms with E-state index in [0.29, 0.717) is 0 Å². The number of allylic oxidation sites excluding steroid dienone is 4. The molecule has 1 atom stereocenters. The fraction of sp³-hybridized carbons (Fsp3) is 0.556. The Hall–Kier alpha value is 0.567. The molecule has 74 valence electrons. The van der Waals surface area contributed by atoms with Crippen LogP contribution in [0.25, 0.3) is 0 Å². The second-order valence-electron chi connectivity index (χ2n) is 3.25. The van der Waals surface area contributed by atoms with Crippen LogP contribution in [0.2, 0.25) is 5.54 Å². The molecule has 0 N–H and O–H groups in total. The van der Waals surface area contributed by atoms with Gasteiger partial charge in [0.05, 0.1) is 0 Å². The zero-order valence-electron chi connectivity index (χ0n) is 7.56. The molecule has 0 saturated carbocycles. The van der Waals surface area contributed by atoms with Crippen molar-refractivity contribution in [2.75, 3.05) is 0 Å². The largest absolute Gasteiger partial charge is 0.351 e. The van der Waals surface area contributed by atoms with Crippen LogP contribution < -0.4 is 0 Å². The average molecular weight is 256 g/mol. The van der Waals surface area contributed by atoms with Gasteiger partial charge in [-0.15, -0.1) is 33.2 Å². The summed E-state index contributed by atoms with van der Waals surface area (Å²) >= 11 is 18.0. The first-order valence-electron chi connectivity index (χ1n) is 4.49. The molecular formula is C9H13Cl3Si. The Morgan fingerprint density at radius 3 is 2.62 bits per heavy atom. The highest BCUT2D eigenvalue weighted by molar-refractivity contribution is 7.65. The van der Waals surface area contributed by atoms with Crippen molar-refractivity contribution < 1.29 is 0 Å². The third-order valence-corrected chi connectivity index (χ3v) is 5.57. The van der Waals surface area contributed by atoms with Crippen molar-refractivity contribution in [1.82, 2.24) is 0 Å². The topological polar surface area (TPSA) is 0 Å². The van der Waals surface area contributed by atoms with Crippen molar-refractivity contribution in [3.8, 4) is 0 Å². The summed E-state index contributed by atoms with van der Waals surface area (Å²) < 4.78 is 0. The second kappa shape index (κ2) is 4.88. The number of halogens is 3. The van der Waals surface area contributed by atoms with E-state index in [1.165, 1.54) is 18.4 Å². The van der Waals surface area contributed by atoms with Crippen LogP contribution in [0.3, 0.4) is 0 Å². The number of rotatable bonds is 4. The van der Waals surface area contributed by atoms with Crippen LogP contribution in [0.4, 0.5) is 0 Å². The van der Waals surface area contributed by atoms with Crippen molar-refractivity contribution in [2.45, 2.75) is 31.7 Å². The van der Waals surface area contributed by atoms with Gasteiger partial charge in [-0.1, -0.05) is 37.1 Å². The van der Waals surface area contributed by atoms with Gasteiger partial charge in [-0.3, -0.25) is 0 Å². The molecular weight excluding hydrogens is 243 g/mol. The lowest BCUT2D eigenvalue weighted by molar-refractivity contribution is 0.777. The molecule has 4 heteroatoms. The summed E-state index contributed by atoms with van der Waals surface area (Å²) in [6.45, 7) is 2.17. The third kappa shape index (κ3) is 3.32. The van der Waals surface area contributed by atoms with Crippen molar-refractivity contribution >= 4 is 39.2 Å². The zero-order chi connectivity index (χ0) is 9.90. The molecule has 0 nitrogen and oxygen atoms in total. The maximum absolute atomic E-state index is 5.99. The summed E-state index contributed by atoms with van der Waals surface area (Å²) in [6, 6.07) is -2.58. The first-order valence-corrected chi connectivity index (χ1v) is 9.61. The average Bonchev–Trinajstić information content (AvgIpc) is 2.47. The fourth-order valence-electron chi connectivity index (χ4n) is 1.46. The van der Waals surface area contributed by atoms with Gasteiger partial charge >= 0.3 is 6.00 Å². The highest BCUT2D eigenvalue weighted by Crippen LogP contribution is 2.44. The maximum Gasteiger partial charge on any atom is 0.351 e. The molecule has 1 aliphatic carbocycles. The van der Waals surface area contributed by atoms with Gasteiger partial charge in [-0.05, 0) is 12.8 Å². The predicted octanol–water partition coefficient (Wildman–Crippen LogP) is 4.70. The van der Waals surface area contributed by atoms with E-state index in [4.69, 9.17) is 33.2 Å². The molecule has 0 aliphatic heterocycles. The molecule has 13 heavy (non-hydrogen) atoms. The van der Waals surface area contributed by atoms with Gasteiger partial charge in [0, 0.05) is 5.54 Å². The quantitative estimate of drug-likeness (QED) is 0.505. The lowest BCUT2D eigenvalue weighted by Crippen LogP contribution is -2.18. The van der Waals surface area contributed by atoms with Crippen LogP contribution in [0.1, 0.15) is 26.2 Å². The van der Waals surface area contributed by atoms with Crippen molar-refractivity contribution in [3.63, 3.8) is 0 Å². The molecule has 0 aromatic heterocycles. The molecule has 0 fully saturated rings. The van der Waals surface area contributed by atoms with Crippen molar-refractivity contribution in [1.29, 1.82) is 0 Å². The molecule has 0 aromatic carbocycles. The van der Waals surface area contributed by atoms with E-state index in [0.717, 1.165) is 6.42 Å². The smallest absolute Gasteiger partial charge is 0.125 e. The summed E-state index contributed by atoms with van der Waals surface area (Å²) in [5, 5.41) is 0. The summed E-state index contributed by atoms with van der Waals surface area (Å²) in [6.07, 6.45) is 9.55. The van der Waals surface area contributed by atoms with E-state index in [-0.39, 0.29) is 5.54 Å². The minimum atomic E-state index is -2.58. The fourth-order valence-corrected chi connectivity index (χ4v) is 4.36. The van der Waals surface area contributed by atoms with Gasteiger partial charge in [-0.25, -0.2) is 0 Å². The summed E-state index contributed by atoms with van der Waals surface area (Å²) in [4.78, 5) is 0. The highest BCUT2D eigenvalue weighted by atomic mass is 35.8. The van der Waals surface area contributed by atoms with Gasteiger partial charge in [0.2, 0.25) is 0 Å². The maximum atomic E-state index is 5.99. The number of hydrogen-bond acceptors (Lipinski definition) is 0. The molecule has 0 saturated heterocycles. The Balaban J connectivity index is 2.57. The lowest BCUT2D eigenvalue weighted by Gasteiger charge is -2.18. The highest BCUT2D eigenvalue weighted by Gasteiger charge is 2.38. The van der Waals surface area contributed by atoms with Crippen LogP contribution >= 0.6 is 33.2 Å². The lowest BCUT2D eigenvalue weighted by atomic mass is 10.1. The zero-order valence-corrected chi connectivity index (χ0v) is 10.8. The predicted molar refractivity (Wildman–Crippen MR) is 63.8 cm³/mol. The first kappa shape index (κ1) is 11.6. The van der Waals surface area contributed by atoms with E-state index in [9.17, 15) is 0 Å². The first-order chi connectivity index (χ1) is 6.05. The summed E-state index contributed by atoms with van der Waals surface area (Å²) in [7, 11) is 0. The summed E-state index contributed by atoms with van der Waals surface area (Å²) in [5.74, 6) is 0. The third-order valence-electron chi connectivity index (χ3n) is 2.18. The summed E-state index contributed by atoms with van der Waals surface area (Å²) in [5.41, 5.74) is 1.41. The molecule has 0 spiro atoms. The van der Waals surface area contributed by atoms with E-state index in [1.54, 1.807) is 0 Å². The Morgan fingerprint density at radius 1 is 1.38 bits per heavy atom. The number of unbranched alkanes of at least 4 members (excludes halogenated alkanes) is 1. The second-order valence-corrected chi connectivity index (χ2v) is 12.1. The van der Waals surface area contributed by atoms with Crippen LogP contribution in [0.15, 0.2) is 23.8 Å². The van der Waals surface area contributed by atoms with E-state index >= 15 is 0 Å². The van der Waals surface area contributed by atoms with Crippen molar-refractivity contribution in [2.24, 2.45) is 0 Å². The monoisotopic (exact) mass is 254 g/mol. The molecule has 1 unspecified atom stereocenters. The van der Waals surface area contributed by atoms with Gasteiger partial charge in [0.15, 0.2) is 0 Å². The van der Waals surface area contributed by atoms with Crippen molar-refractivity contribution in [3.05, 3.63) is 23.8 Å². The van der Waals surface area contributed by atoms with Crippen LogP contribution in [-0.4, -0.2) is 6.00 Å². The SMILES string of the molecule is CCCCC1=CC=CC1[Si](Cl)(Cl)Cl. The van der Waals surface area contributed by atoms with Gasteiger partial charge in [0.25, 0.3) is 0 Å². The molecule has 0 radical (unpaired) electrons. The molecule has 0 bridgehead atoms. The molecule has 1 aliphatic rings. The van der Waals surface area contributed by atoms with E-state index < -0.39 is 6.00 Å². The molecule has 0 amide bonds. The molecule has 0 heterocycles. The van der Waals surface area contributed by atoms with E-state index in [1.807, 2.05) is 12.2 Å². The van der Waals surface area contributed by atoms with E-state index in [2.05, 4.69) is 13.0 Å². The standard InChI is InChI=1S/C9H13Cl3Si/c1-2-3-5-8-6-4-7-9(8)13(10,11)12/h4,6-7,9H,2-3,5H2,1H3. The number of hydrogen-bond donors (Lipinski definition) is 0. The minimum absolute atomic E-state index is 0.115. The molecule has 0 aromatic rings. The normalized spacial score (nSPS) is 22.2. The van der Waals surface area contributed by atoms with Crippen LogP contribution in [0, 0.1) is 0 Å². The Labute approximate surface area is 94.7 Å². The van der Waals surface area contributed by atoms with Crippen LogP contribution in [0.5, 0.6) is 0 Å². The Morgan fingerprint density at radius 2 is 2.08 bits per heavy atom. The van der Waals surface area contributed by atoms with Gasteiger partial charge in [-0.2, -0.15) is 0 Å². The van der Waals surface area contributed by atoms with Gasteiger partial charge in [0.1, 0.15) is 0 Å².